The van der Waals surface area contributed by atoms with E-state index in [9.17, 15) is 18.7 Å². The van der Waals surface area contributed by atoms with Crippen LogP contribution in [0.3, 0.4) is 0 Å². The molecule has 0 spiro atoms. The van der Waals surface area contributed by atoms with Crippen molar-refractivity contribution in [3.05, 3.63) is 52.7 Å². The largest absolute Gasteiger partial charge is 0.378 e. The summed E-state index contributed by atoms with van der Waals surface area (Å²) in [5, 5.41) is 18.2. The van der Waals surface area contributed by atoms with Crippen LogP contribution < -0.4 is 0 Å². The number of hydrogen-bond acceptors (Lipinski definition) is 8. The molecule has 3 aromatic rings. The molecule has 0 bridgehead atoms. The highest BCUT2D eigenvalue weighted by Crippen LogP contribution is 2.25. The molecule has 9 nitrogen and oxygen atoms in total. The second-order valence-electron chi connectivity index (χ2n) is 7.72. The predicted octanol–water partition coefficient (Wildman–Crippen LogP) is 2.39. The molecule has 4 rings (SSSR count). The Kier molecular flexibility index (Phi) is 6.28. The number of benzene rings is 1. The minimum absolute atomic E-state index is 0.321. The number of nitrogens with zero attached hydrogens (tertiary/aromatic N) is 5. The van der Waals surface area contributed by atoms with E-state index in [1.54, 1.807) is 13.8 Å². The first-order valence-electron chi connectivity index (χ1n) is 10.2. The molecule has 1 N–H and O–H groups in total. The third-order valence-corrected chi connectivity index (χ3v) is 5.49. The fraction of sp³-hybridized carbons (Fsp3) is 0.429. The Morgan fingerprint density at radius 2 is 1.97 bits per heavy atom. The van der Waals surface area contributed by atoms with Crippen LogP contribution in [0.25, 0.3) is 11.5 Å². The van der Waals surface area contributed by atoms with Crippen LogP contribution in [0.5, 0.6) is 0 Å². The van der Waals surface area contributed by atoms with Gasteiger partial charge in [-0.25, -0.2) is 8.78 Å². The monoisotopic (exact) mass is 447 g/mol. The van der Waals surface area contributed by atoms with Crippen molar-refractivity contribution >= 4 is 5.91 Å². The Morgan fingerprint density at radius 3 is 2.72 bits per heavy atom. The normalized spacial score (nSPS) is 16.2. The fourth-order valence-corrected chi connectivity index (χ4v) is 3.80. The first-order chi connectivity index (χ1) is 15.3. The summed E-state index contributed by atoms with van der Waals surface area (Å²) in [6, 6.07) is 3.41. The maximum absolute atomic E-state index is 14.0. The Balaban J connectivity index is 1.38. The lowest BCUT2D eigenvalue weighted by atomic mass is 10.1. The molecule has 1 unspecified atom stereocenters. The van der Waals surface area contributed by atoms with E-state index >= 15 is 0 Å². The third kappa shape index (κ3) is 4.39. The number of rotatable bonds is 5. The smallest absolute Gasteiger partial charge is 0.263 e. The lowest BCUT2D eigenvalue weighted by Crippen LogP contribution is -2.38. The zero-order chi connectivity index (χ0) is 22.8. The third-order valence-electron chi connectivity index (χ3n) is 5.49. The minimum atomic E-state index is -1.76. The molecule has 0 radical (unpaired) electrons. The number of amides is 1. The van der Waals surface area contributed by atoms with Gasteiger partial charge < -0.3 is 19.1 Å². The molecular weight excluding hydrogens is 424 g/mol. The summed E-state index contributed by atoms with van der Waals surface area (Å²) < 4.78 is 37.9. The van der Waals surface area contributed by atoms with E-state index in [2.05, 4.69) is 20.2 Å². The van der Waals surface area contributed by atoms with E-state index in [4.69, 9.17) is 9.05 Å². The van der Waals surface area contributed by atoms with Crippen molar-refractivity contribution in [3.8, 4) is 11.5 Å². The Labute approximate surface area is 182 Å². The summed E-state index contributed by atoms with van der Waals surface area (Å²) >= 11 is 0. The van der Waals surface area contributed by atoms with Crippen molar-refractivity contribution in [2.45, 2.75) is 32.9 Å². The molecule has 1 aliphatic heterocycles. The van der Waals surface area contributed by atoms with Crippen LogP contribution >= 0.6 is 0 Å². The molecule has 1 aromatic carbocycles. The second kappa shape index (κ2) is 9.13. The number of hydrogen-bond donors (Lipinski definition) is 1. The summed E-state index contributed by atoms with van der Waals surface area (Å²) in [7, 11) is 0. The van der Waals surface area contributed by atoms with Crippen LogP contribution in [-0.2, 0) is 11.3 Å². The van der Waals surface area contributed by atoms with Crippen LogP contribution in [0, 0.1) is 25.5 Å². The van der Waals surface area contributed by atoms with Gasteiger partial charge in [-0.1, -0.05) is 22.4 Å². The highest BCUT2D eigenvalue weighted by atomic mass is 19.2. The number of aliphatic hydroxyl groups excluding tert-OH is 1. The van der Waals surface area contributed by atoms with E-state index < -0.39 is 23.6 Å². The highest BCUT2D eigenvalue weighted by Gasteiger charge is 2.29. The zero-order valence-electron chi connectivity index (χ0n) is 17.7. The number of aromatic nitrogens is 3. The molecule has 1 saturated heterocycles. The average Bonchev–Trinajstić information content (AvgIpc) is 3.27. The lowest BCUT2D eigenvalue weighted by molar-refractivity contribution is -0.140. The molecule has 1 atom stereocenters. The zero-order valence-corrected chi connectivity index (χ0v) is 17.7. The summed E-state index contributed by atoms with van der Waals surface area (Å²) in [5.74, 6) is -1.56. The number of aryl methyl sites for hydroxylation is 2. The van der Waals surface area contributed by atoms with Gasteiger partial charge in [0, 0.05) is 31.7 Å². The summed E-state index contributed by atoms with van der Waals surface area (Å²) in [6.45, 7) is 5.85. The SMILES string of the molecule is Cc1noc(C)c1-c1nc(CN2CCCN(C(=O)C(O)c3cccc(F)c3F)CC2)no1. The molecule has 11 heteroatoms. The first kappa shape index (κ1) is 22.0. The lowest BCUT2D eigenvalue weighted by Gasteiger charge is -2.24. The minimum Gasteiger partial charge on any atom is -0.378 e. The number of aliphatic hydroxyl groups is 1. The summed E-state index contributed by atoms with van der Waals surface area (Å²) in [6.07, 6.45) is -1.12. The van der Waals surface area contributed by atoms with Gasteiger partial charge in [-0.05, 0) is 26.3 Å². The average molecular weight is 447 g/mol. The number of carbonyl (C=O) groups is 1. The van der Waals surface area contributed by atoms with E-state index in [0.29, 0.717) is 67.9 Å². The van der Waals surface area contributed by atoms with Gasteiger partial charge in [0.25, 0.3) is 11.8 Å². The van der Waals surface area contributed by atoms with Crippen LogP contribution in [0.4, 0.5) is 8.78 Å². The van der Waals surface area contributed by atoms with Gasteiger partial charge in [-0.15, -0.1) is 0 Å². The van der Waals surface area contributed by atoms with Crippen molar-refractivity contribution in [3.63, 3.8) is 0 Å². The van der Waals surface area contributed by atoms with Crippen molar-refractivity contribution in [2.75, 3.05) is 26.2 Å². The van der Waals surface area contributed by atoms with Gasteiger partial charge >= 0.3 is 0 Å². The molecule has 1 aliphatic rings. The molecule has 1 fully saturated rings. The molecule has 1 amide bonds. The topological polar surface area (TPSA) is 109 Å². The van der Waals surface area contributed by atoms with E-state index in [1.165, 1.54) is 17.0 Å². The Morgan fingerprint density at radius 1 is 1.16 bits per heavy atom. The van der Waals surface area contributed by atoms with Crippen molar-refractivity contribution in [1.29, 1.82) is 0 Å². The van der Waals surface area contributed by atoms with Crippen LogP contribution in [0.2, 0.25) is 0 Å². The Bertz CT molecular complexity index is 1100. The number of carbonyl (C=O) groups excluding carboxylic acids is 1. The van der Waals surface area contributed by atoms with E-state index in [-0.39, 0.29) is 5.56 Å². The van der Waals surface area contributed by atoms with Crippen LogP contribution in [0.15, 0.2) is 27.2 Å². The number of halogens is 2. The van der Waals surface area contributed by atoms with Gasteiger partial charge in [0.15, 0.2) is 23.6 Å². The van der Waals surface area contributed by atoms with Gasteiger partial charge in [0.1, 0.15) is 11.3 Å². The van der Waals surface area contributed by atoms with Crippen LogP contribution in [0.1, 0.15) is 35.4 Å². The predicted molar refractivity (Wildman–Crippen MR) is 107 cm³/mol. The first-order valence-corrected chi connectivity index (χ1v) is 10.2. The molecule has 3 heterocycles. The Hall–Kier alpha value is -3.18. The van der Waals surface area contributed by atoms with Gasteiger partial charge in [-0.3, -0.25) is 9.69 Å². The summed E-state index contributed by atoms with van der Waals surface area (Å²) in [4.78, 5) is 20.6. The standard InChI is InChI=1S/C21H23F2N5O4/c1-12-17(13(2)31-25-12)20-24-16(26-32-20)11-27-7-4-8-28(10-9-27)21(30)19(29)14-5-3-6-15(22)18(14)23/h3,5-6,19,29H,4,7-11H2,1-2H3. The fourth-order valence-electron chi connectivity index (χ4n) is 3.80. The maximum Gasteiger partial charge on any atom is 0.263 e. The van der Waals surface area contributed by atoms with Crippen LogP contribution in [-0.4, -0.2) is 62.3 Å². The van der Waals surface area contributed by atoms with Gasteiger partial charge in [-0.2, -0.15) is 4.98 Å². The second-order valence-corrected chi connectivity index (χ2v) is 7.72. The molecule has 32 heavy (non-hydrogen) atoms. The van der Waals surface area contributed by atoms with E-state index in [0.717, 1.165) is 6.07 Å². The molecular formula is C21H23F2N5O4. The molecule has 2 aromatic heterocycles. The van der Waals surface area contributed by atoms with E-state index in [1.807, 2.05) is 0 Å². The van der Waals surface area contributed by atoms with Gasteiger partial charge in [0.05, 0.1) is 12.2 Å². The highest BCUT2D eigenvalue weighted by molar-refractivity contribution is 5.82. The molecule has 0 saturated carbocycles. The molecule has 170 valence electrons. The molecule has 0 aliphatic carbocycles. The maximum atomic E-state index is 14.0. The van der Waals surface area contributed by atoms with Crippen molar-refractivity contribution < 1.29 is 27.7 Å². The van der Waals surface area contributed by atoms with Gasteiger partial charge in [0.2, 0.25) is 0 Å². The quantitative estimate of drug-likeness (QED) is 0.635. The van der Waals surface area contributed by atoms with Crippen molar-refractivity contribution in [1.82, 2.24) is 25.1 Å². The summed E-state index contributed by atoms with van der Waals surface area (Å²) in [5.41, 5.74) is 0.972. The van der Waals surface area contributed by atoms with Crippen molar-refractivity contribution in [2.24, 2.45) is 0 Å².